The summed E-state index contributed by atoms with van der Waals surface area (Å²) in [7, 11) is 0. The maximum Gasteiger partial charge on any atom is 0.298 e. The monoisotopic (exact) mass is 255 g/mol. The van der Waals surface area contributed by atoms with Crippen molar-refractivity contribution in [3.8, 4) is 0 Å². The Kier molecular flexibility index (Phi) is 2.83. The van der Waals surface area contributed by atoms with Crippen LogP contribution in [0.2, 0.25) is 0 Å². The maximum atomic E-state index is 12.1. The van der Waals surface area contributed by atoms with Crippen LogP contribution in [-0.2, 0) is 13.0 Å². The van der Waals surface area contributed by atoms with Crippen LogP contribution in [0.15, 0.2) is 35.1 Å². The van der Waals surface area contributed by atoms with Gasteiger partial charge in [0.15, 0.2) is 5.52 Å². The summed E-state index contributed by atoms with van der Waals surface area (Å²) in [6.45, 7) is 2.31. The molecule has 0 aliphatic heterocycles. The predicted octanol–water partition coefficient (Wildman–Crippen LogP) is 1.07. The lowest BCUT2D eigenvalue weighted by molar-refractivity contribution is 0.549. The van der Waals surface area contributed by atoms with Crippen LogP contribution in [0.4, 0.5) is 0 Å². The largest absolute Gasteiger partial charge is 0.298 e. The fraction of sp³-hybridized carbons (Fsp3) is 0.231. The highest BCUT2D eigenvalue weighted by atomic mass is 16.1. The summed E-state index contributed by atoms with van der Waals surface area (Å²) in [6, 6.07) is 9.97. The van der Waals surface area contributed by atoms with Gasteiger partial charge in [0, 0.05) is 0 Å². The molecule has 0 bridgehead atoms. The summed E-state index contributed by atoms with van der Waals surface area (Å²) in [4.78, 5) is 12.1. The lowest BCUT2D eigenvalue weighted by atomic mass is 10.1. The molecule has 0 saturated carbocycles. The highest BCUT2D eigenvalue weighted by molar-refractivity contribution is 5.74. The molecule has 0 spiro atoms. The Labute approximate surface area is 109 Å². The number of benzene rings is 1. The number of rotatable bonds is 3. The fourth-order valence-electron chi connectivity index (χ4n) is 1.98. The van der Waals surface area contributed by atoms with Crippen LogP contribution in [0.1, 0.15) is 11.3 Å². The van der Waals surface area contributed by atoms with E-state index in [-0.39, 0.29) is 5.56 Å². The van der Waals surface area contributed by atoms with Crippen molar-refractivity contribution in [3.63, 3.8) is 0 Å². The van der Waals surface area contributed by atoms with Gasteiger partial charge in [-0.1, -0.05) is 35.5 Å². The van der Waals surface area contributed by atoms with Gasteiger partial charge in [-0.2, -0.15) is 5.10 Å². The highest BCUT2D eigenvalue weighted by Gasteiger charge is 2.10. The zero-order chi connectivity index (χ0) is 13.2. The van der Waals surface area contributed by atoms with Crippen molar-refractivity contribution >= 4 is 11.0 Å². The van der Waals surface area contributed by atoms with Crippen LogP contribution in [0, 0.1) is 6.92 Å². The van der Waals surface area contributed by atoms with Crippen LogP contribution in [-0.4, -0.2) is 25.2 Å². The van der Waals surface area contributed by atoms with Crippen molar-refractivity contribution in [2.24, 2.45) is 0 Å². The van der Waals surface area contributed by atoms with Gasteiger partial charge in [0.25, 0.3) is 5.56 Å². The van der Waals surface area contributed by atoms with Crippen LogP contribution < -0.4 is 5.56 Å². The lowest BCUT2D eigenvalue weighted by Crippen LogP contribution is -2.25. The molecule has 96 valence electrons. The number of hydrogen-bond donors (Lipinski definition) is 1. The van der Waals surface area contributed by atoms with Crippen LogP contribution >= 0.6 is 0 Å². The van der Waals surface area contributed by atoms with Crippen LogP contribution in [0.3, 0.4) is 0 Å². The van der Waals surface area contributed by atoms with Crippen molar-refractivity contribution in [1.82, 2.24) is 25.2 Å². The Morgan fingerprint density at radius 3 is 2.79 bits per heavy atom. The summed E-state index contributed by atoms with van der Waals surface area (Å²) in [5, 5.41) is 14.7. The van der Waals surface area contributed by atoms with Gasteiger partial charge in [0.05, 0.1) is 12.2 Å². The molecule has 0 fully saturated rings. The number of aryl methyl sites for hydroxylation is 3. The molecule has 0 atom stereocenters. The zero-order valence-electron chi connectivity index (χ0n) is 10.5. The average molecular weight is 255 g/mol. The van der Waals surface area contributed by atoms with Crippen LogP contribution in [0.25, 0.3) is 11.0 Å². The molecule has 6 heteroatoms. The van der Waals surface area contributed by atoms with Gasteiger partial charge in [0.2, 0.25) is 0 Å². The smallest absolute Gasteiger partial charge is 0.280 e. The number of nitrogens with one attached hydrogen (secondary N) is 1. The van der Waals surface area contributed by atoms with Gasteiger partial charge in [-0.3, -0.25) is 9.89 Å². The van der Waals surface area contributed by atoms with E-state index in [1.807, 2.05) is 37.3 Å². The van der Waals surface area contributed by atoms with Gasteiger partial charge >= 0.3 is 0 Å². The molecule has 0 aliphatic rings. The Balaban J connectivity index is 1.90. The second-order valence-corrected chi connectivity index (χ2v) is 4.40. The predicted molar refractivity (Wildman–Crippen MR) is 70.8 cm³/mol. The topological polar surface area (TPSA) is 76.5 Å². The molecule has 0 saturated heterocycles. The van der Waals surface area contributed by atoms with Crippen LogP contribution in [0.5, 0.6) is 0 Å². The normalized spacial score (nSPS) is 11.0. The molecule has 0 unspecified atom stereocenters. The number of fused-ring (bicyclic) bond motifs is 1. The number of aromatic amines is 1. The number of nitrogens with zero attached hydrogens (tertiary/aromatic N) is 4. The molecule has 0 aliphatic carbocycles. The standard InChI is InChI=1S/C13H13N5O/c1-9-11-12(15-14-9)13(19)18(17-16-11)8-7-10-5-3-2-4-6-10/h2-6H,7-8H2,1H3,(H,14,15). The van der Waals surface area contributed by atoms with E-state index in [0.717, 1.165) is 17.7 Å². The van der Waals surface area contributed by atoms with E-state index in [9.17, 15) is 4.79 Å². The molecule has 0 radical (unpaired) electrons. The fourth-order valence-corrected chi connectivity index (χ4v) is 1.98. The minimum atomic E-state index is -0.203. The van der Waals surface area contributed by atoms with Crippen molar-refractivity contribution < 1.29 is 0 Å². The lowest BCUT2D eigenvalue weighted by Gasteiger charge is -2.03. The van der Waals surface area contributed by atoms with E-state index >= 15 is 0 Å². The molecule has 6 nitrogen and oxygen atoms in total. The van der Waals surface area contributed by atoms with E-state index in [1.54, 1.807) is 0 Å². The number of hydrogen-bond acceptors (Lipinski definition) is 4. The van der Waals surface area contributed by atoms with E-state index < -0.39 is 0 Å². The SMILES string of the molecule is Cc1[nH]nc2c(=O)n(CCc3ccccc3)nnc12. The Hall–Kier alpha value is -2.50. The maximum absolute atomic E-state index is 12.1. The third kappa shape index (κ3) is 2.12. The molecule has 2 aromatic heterocycles. The van der Waals surface area contributed by atoms with Crippen molar-refractivity contribution in [2.45, 2.75) is 19.9 Å². The van der Waals surface area contributed by atoms with Gasteiger partial charge in [-0.25, -0.2) is 4.68 Å². The first-order valence-corrected chi connectivity index (χ1v) is 6.08. The molecule has 2 heterocycles. The van der Waals surface area contributed by atoms with E-state index in [2.05, 4.69) is 20.5 Å². The summed E-state index contributed by atoms with van der Waals surface area (Å²) < 4.78 is 1.36. The van der Waals surface area contributed by atoms with E-state index in [0.29, 0.717) is 17.6 Å². The molecule has 3 rings (SSSR count). The minimum absolute atomic E-state index is 0.203. The third-order valence-electron chi connectivity index (χ3n) is 3.06. The van der Waals surface area contributed by atoms with Crippen molar-refractivity contribution in [2.75, 3.05) is 0 Å². The Bertz CT molecular complexity index is 760. The van der Waals surface area contributed by atoms with E-state index in [1.165, 1.54) is 4.68 Å². The second kappa shape index (κ2) is 4.64. The summed E-state index contributed by atoms with van der Waals surface area (Å²) >= 11 is 0. The second-order valence-electron chi connectivity index (χ2n) is 4.40. The quantitative estimate of drug-likeness (QED) is 0.759. The summed E-state index contributed by atoms with van der Waals surface area (Å²) in [6.07, 6.45) is 0.740. The molecular formula is C13H13N5O. The summed E-state index contributed by atoms with van der Waals surface area (Å²) in [5.41, 5.74) is 2.61. The molecule has 3 aromatic rings. The third-order valence-corrected chi connectivity index (χ3v) is 3.06. The summed E-state index contributed by atoms with van der Waals surface area (Å²) in [5.74, 6) is 0. The Morgan fingerprint density at radius 1 is 1.21 bits per heavy atom. The average Bonchev–Trinajstić information content (AvgIpc) is 2.82. The minimum Gasteiger partial charge on any atom is -0.280 e. The molecule has 1 N–H and O–H groups in total. The van der Waals surface area contributed by atoms with Crippen molar-refractivity contribution in [1.29, 1.82) is 0 Å². The zero-order valence-corrected chi connectivity index (χ0v) is 10.5. The first kappa shape index (κ1) is 11.6. The first-order valence-electron chi connectivity index (χ1n) is 6.08. The van der Waals surface area contributed by atoms with Gasteiger partial charge in [0.1, 0.15) is 5.52 Å². The van der Waals surface area contributed by atoms with Crippen molar-refractivity contribution in [3.05, 3.63) is 51.9 Å². The first-order chi connectivity index (χ1) is 9.25. The van der Waals surface area contributed by atoms with E-state index in [4.69, 9.17) is 0 Å². The Morgan fingerprint density at radius 2 is 2.00 bits per heavy atom. The van der Waals surface area contributed by atoms with Gasteiger partial charge in [-0.15, -0.1) is 5.10 Å². The van der Waals surface area contributed by atoms with Gasteiger partial charge < -0.3 is 0 Å². The van der Waals surface area contributed by atoms with Gasteiger partial charge in [-0.05, 0) is 18.9 Å². The highest BCUT2D eigenvalue weighted by Crippen LogP contribution is 2.06. The molecular weight excluding hydrogens is 242 g/mol. The molecule has 1 aromatic carbocycles. The number of aromatic nitrogens is 5. The molecule has 0 amide bonds. The number of H-pyrrole nitrogens is 1. The molecule has 19 heavy (non-hydrogen) atoms.